The van der Waals surface area contributed by atoms with E-state index in [0.29, 0.717) is 30.8 Å². The van der Waals surface area contributed by atoms with E-state index in [0.717, 1.165) is 22.6 Å². The second kappa shape index (κ2) is 6.91. The Kier molecular flexibility index (Phi) is 4.32. The lowest BCUT2D eigenvalue weighted by Crippen LogP contribution is -2.24. The minimum Gasteiger partial charge on any atom is -0.354 e. The SMILES string of the molecule is CN1CN(CP(C)(C)=O)C=C1c1cnc2nnn(Cc3ccc4nccn4c3)c2n1. The number of hydrogen-bond acceptors (Lipinski definition) is 8. The van der Waals surface area contributed by atoms with Crippen LogP contribution in [0.1, 0.15) is 11.3 Å². The van der Waals surface area contributed by atoms with Crippen LogP contribution in [0.3, 0.4) is 0 Å². The molecule has 4 aromatic heterocycles. The van der Waals surface area contributed by atoms with E-state index in [2.05, 4.69) is 30.1 Å². The van der Waals surface area contributed by atoms with Crippen molar-refractivity contribution in [2.24, 2.45) is 0 Å². The Morgan fingerprint density at radius 1 is 1.20 bits per heavy atom. The first-order valence-corrected chi connectivity index (χ1v) is 12.3. The average Bonchev–Trinajstić information content (AvgIpc) is 3.39. The van der Waals surface area contributed by atoms with Crippen molar-refractivity contribution in [2.75, 3.05) is 33.3 Å². The van der Waals surface area contributed by atoms with Crippen molar-refractivity contribution in [3.63, 3.8) is 0 Å². The first kappa shape index (κ1) is 18.7. The zero-order valence-electron chi connectivity index (χ0n) is 17.0. The van der Waals surface area contributed by atoms with Gasteiger partial charge < -0.3 is 18.8 Å². The van der Waals surface area contributed by atoms with Crippen molar-refractivity contribution < 1.29 is 4.57 Å². The summed E-state index contributed by atoms with van der Waals surface area (Å²) in [6.07, 6.45) is 9.94. The van der Waals surface area contributed by atoms with Gasteiger partial charge in [0.05, 0.1) is 31.4 Å². The maximum absolute atomic E-state index is 12.2. The van der Waals surface area contributed by atoms with Crippen LogP contribution in [0.4, 0.5) is 0 Å². The van der Waals surface area contributed by atoms with Crippen LogP contribution >= 0.6 is 7.14 Å². The number of aromatic nitrogens is 7. The highest BCUT2D eigenvalue weighted by atomic mass is 31.2. The minimum atomic E-state index is -2.16. The van der Waals surface area contributed by atoms with Crippen molar-refractivity contribution in [1.82, 2.24) is 44.1 Å². The van der Waals surface area contributed by atoms with E-state index in [4.69, 9.17) is 4.98 Å². The van der Waals surface area contributed by atoms with Gasteiger partial charge in [0.15, 0.2) is 5.65 Å². The number of fused-ring (bicyclic) bond motifs is 2. The number of pyridine rings is 1. The van der Waals surface area contributed by atoms with Crippen molar-refractivity contribution in [2.45, 2.75) is 6.54 Å². The van der Waals surface area contributed by atoms with Gasteiger partial charge in [-0.05, 0) is 25.0 Å². The molecule has 0 spiro atoms. The molecule has 0 bridgehead atoms. The smallest absolute Gasteiger partial charge is 0.221 e. The van der Waals surface area contributed by atoms with Crippen LogP contribution in [0.5, 0.6) is 0 Å². The average molecular weight is 423 g/mol. The monoisotopic (exact) mass is 423 g/mol. The molecule has 154 valence electrons. The molecule has 0 aliphatic carbocycles. The summed E-state index contributed by atoms with van der Waals surface area (Å²) in [5, 5.41) is 8.40. The normalized spacial score (nSPS) is 14.8. The van der Waals surface area contributed by atoms with Gasteiger partial charge >= 0.3 is 0 Å². The Morgan fingerprint density at radius 2 is 2.07 bits per heavy atom. The zero-order valence-corrected chi connectivity index (χ0v) is 17.9. The Labute approximate surface area is 173 Å². The molecule has 0 saturated heterocycles. The Bertz CT molecular complexity index is 1320. The third kappa shape index (κ3) is 3.54. The Hall–Kier alpha value is -3.26. The van der Waals surface area contributed by atoms with Gasteiger partial charge in [-0.25, -0.2) is 19.6 Å². The predicted molar refractivity (Wildman–Crippen MR) is 114 cm³/mol. The lowest BCUT2D eigenvalue weighted by molar-refractivity contribution is 0.332. The maximum Gasteiger partial charge on any atom is 0.221 e. The fourth-order valence-corrected chi connectivity index (χ4v) is 4.71. The number of hydrogen-bond donors (Lipinski definition) is 0. The summed E-state index contributed by atoms with van der Waals surface area (Å²) in [5.41, 5.74) is 4.77. The molecule has 1 aliphatic heterocycles. The molecule has 11 heteroatoms. The fourth-order valence-electron chi connectivity index (χ4n) is 3.66. The standard InChI is InChI=1S/C19H22N9OP/c1-25-12-26(13-30(2,3)29)11-16(25)15-8-21-18-19(22-15)28(24-23-18)10-14-4-5-17-20-6-7-27(17)9-14/h4-9,11H,10,12-13H2,1-3H3. The molecule has 0 N–H and O–H groups in total. The largest absolute Gasteiger partial charge is 0.354 e. The van der Waals surface area contributed by atoms with E-state index in [1.807, 2.05) is 42.2 Å². The molecule has 10 nitrogen and oxygen atoms in total. The van der Waals surface area contributed by atoms with Gasteiger partial charge in [0.1, 0.15) is 18.5 Å². The zero-order chi connectivity index (χ0) is 20.9. The molecule has 30 heavy (non-hydrogen) atoms. The van der Waals surface area contributed by atoms with Crippen LogP contribution in [-0.4, -0.2) is 77.5 Å². The molecule has 5 heterocycles. The maximum atomic E-state index is 12.2. The van der Waals surface area contributed by atoms with Crippen molar-refractivity contribution in [3.05, 3.63) is 54.4 Å². The predicted octanol–water partition coefficient (Wildman–Crippen LogP) is 2.00. The highest BCUT2D eigenvalue weighted by Crippen LogP contribution is 2.38. The highest BCUT2D eigenvalue weighted by Gasteiger charge is 2.24. The van der Waals surface area contributed by atoms with E-state index < -0.39 is 7.14 Å². The third-order valence-electron chi connectivity index (χ3n) is 4.90. The lowest BCUT2D eigenvalue weighted by atomic mass is 10.3. The van der Waals surface area contributed by atoms with Gasteiger partial charge in [-0.1, -0.05) is 11.3 Å². The fraction of sp³-hybridized carbons (Fsp3) is 0.316. The first-order chi connectivity index (χ1) is 14.4. The van der Waals surface area contributed by atoms with E-state index in [9.17, 15) is 4.57 Å². The summed E-state index contributed by atoms with van der Waals surface area (Å²) in [5.74, 6) is 0. The second-order valence-electron chi connectivity index (χ2n) is 8.04. The number of nitrogens with zero attached hydrogens (tertiary/aromatic N) is 9. The number of rotatable bonds is 5. The molecule has 0 unspecified atom stereocenters. The first-order valence-electron chi connectivity index (χ1n) is 9.55. The highest BCUT2D eigenvalue weighted by molar-refractivity contribution is 7.62. The Morgan fingerprint density at radius 3 is 2.90 bits per heavy atom. The molecule has 1 aliphatic rings. The van der Waals surface area contributed by atoms with Gasteiger partial charge in [0, 0.05) is 31.8 Å². The summed E-state index contributed by atoms with van der Waals surface area (Å²) in [6.45, 7) is 4.80. The molecule has 5 rings (SSSR count). The van der Waals surface area contributed by atoms with E-state index in [1.54, 1.807) is 30.4 Å². The number of imidazole rings is 1. The molecule has 0 amide bonds. The van der Waals surface area contributed by atoms with Crippen LogP contribution in [0.15, 0.2) is 43.1 Å². The summed E-state index contributed by atoms with van der Waals surface area (Å²) in [4.78, 5) is 17.6. The van der Waals surface area contributed by atoms with Crippen molar-refractivity contribution in [3.8, 4) is 0 Å². The third-order valence-corrected chi connectivity index (χ3v) is 5.95. The van der Waals surface area contributed by atoms with E-state index in [-0.39, 0.29) is 0 Å². The molecule has 4 aromatic rings. The van der Waals surface area contributed by atoms with Gasteiger partial charge in [-0.3, -0.25) is 0 Å². The molecular weight excluding hydrogens is 401 g/mol. The van der Waals surface area contributed by atoms with E-state index in [1.165, 1.54) is 0 Å². The molecular formula is C19H22N9OP. The van der Waals surface area contributed by atoms with E-state index >= 15 is 0 Å². The summed E-state index contributed by atoms with van der Waals surface area (Å²) in [6, 6.07) is 3.99. The molecule has 0 aromatic carbocycles. The quantitative estimate of drug-likeness (QED) is 0.450. The second-order valence-corrected chi connectivity index (χ2v) is 11.5. The molecule has 0 atom stereocenters. The summed E-state index contributed by atoms with van der Waals surface area (Å²) >= 11 is 0. The lowest BCUT2D eigenvalue weighted by Gasteiger charge is -2.20. The van der Waals surface area contributed by atoms with Gasteiger partial charge in [-0.2, -0.15) is 0 Å². The Balaban J connectivity index is 1.47. The summed E-state index contributed by atoms with van der Waals surface area (Å²) in [7, 11) is -0.171. The van der Waals surface area contributed by atoms with Crippen LogP contribution in [-0.2, 0) is 11.1 Å². The van der Waals surface area contributed by atoms with Crippen LogP contribution < -0.4 is 0 Å². The molecule has 0 saturated carbocycles. The molecule has 0 fully saturated rings. The van der Waals surface area contributed by atoms with Crippen LogP contribution in [0.2, 0.25) is 0 Å². The van der Waals surface area contributed by atoms with Crippen molar-refractivity contribution >= 4 is 29.8 Å². The van der Waals surface area contributed by atoms with Crippen LogP contribution in [0, 0.1) is 0 Å². The minimum absolute atomic E-state index is 0.507. The van der Waals surface area contributed by atoms with Crippen LogP contribution in [0.25, 0.3) is 22.6 Å². The van der Waals surface area contributed by atoms with Gasteiger partial charge in [0.2, 0.25) is 5.65 Å². The van der Waals surface area contributed by atoms with Gasteiger partial charge in [-0.15, -0.1) is 5.10 Å². The topological polar surface area (TPSA) is 97.3 Å². The van der Waals surface area contributed by atoms with Gasteiger partial charge in [0.25, 0.3) is 0 Å². The molecule has 0 radical (unpaired) electrons. The summed E-state index contributed by atoms with van der Waals surface area (Å²) < 4.78 is 15.9. The van der Waals surface area contributed by atoms with Crippen molar-refractivity contribution in [1.29, 1.82) is 0 Å².